The Kier molecular flexibility index (Phi) is 3.12. The molecule has 0 amide bonds. The maximum atomic E-state index is 13.1. The number of aromatic nitrogens is 2. The quantitative estimate of drug-likeness (QED) is 0.754. The monoisotopic (exact) mass is 288 g/mol. The van der Waals surface area contributed by atoms with Gasteiger partial charge in [-0.1, -0.05) is 23.7 Å². The average Bonchev–Trinajstić information content (AvgIpc) is 2.44. The second-order valence-corrected chi connectivity index (χ2v) is 4.61. The van der Waals surface area contributed by atoms with Crippen molar-refractivity contribution in [2.45, 2.75) is 0 Å². The van der Waals surface area contributed by atoms with Crippen LogP contribution in [-0.4, -0.2) is 9.97 Å². The number of rotatable bonds is 2. The van der Waals surface area contributed by atoms with Gasteiger partial charge in [0, 0.05) is 5.69 Å². The van der Waals surface area contributed by atoms with Gasteiger partial charge in [-0.2, -0.15) is 0 Å². The first kappa shape index (κ1) is 12.6. The molecule has 0 unspecified atom stereocenters. The molecule has 1 aromatic heterocycles. The van der Waals surface area contributed by atoms with E-state index >= 15 is 0 Å². The van der Waals surface area contributed by atoms with Crippen molar-refractivity contribution < 1.29 is 4.39 Å². The number of halogens is 2. The van der Waals surface area contributed by atoms with E-state index in [4.69, 9.17) is 17.3 Å². The summed E-state index contributed by atoms with van der Waals surface area (Å²) in [6.07, 6.45) is 0. The van der Waals surface area contributed by atoms with E-state index in [1.54, 1.807) is 6.07 Å². The molecule has 0 fully saturated rings. The fraction of sp³-hybridized carbons (Fsp3) is 0. The summed E-state index contributed by atoms with van der Waals surface area (Å²) in [6.45, 7) is 0. The number of para-hydroxylation sites is 2. The molecule has 0 aliphatic heterocycles. The Hall–Kier alpha value is -2.40. The molecule has 0 aliphatic carbocycles. The van der Waals surface area contributed by atoms with Crippen LogP contribution in [0, 0.1) is 5.82 Å². The van der Waals surface area contributed by atoms with Crippen LogP contribution < -0.4 is 11.1 Å². The van der Waals surface area contributed by atoms with Gasteiger partial charge in [-0.3, -0.25) is 0 Å². The maximum Gasteiger partial charge on any atom is 0.174 e. The molecule has 0 aliphatic rings. The number of hydrogen-bond donors (Lipinski definition) is 2. The summed E-state index contributed by atoms with van der Waals surface area (Å²) in [7, 11) is 0. The van der Waals surface area contributed by atoms with Crippen LogP contribution in [0.2, 0.25) is 5.02 Å². The second kappa shape index (κ2) is 4.94. The predicted molar refractivity (Wildman–Crippen MR) is 78.6 cm³/mol. The average molecular weight is 289 g/mol. The highest BCUT2D eigenvalue weighted by atomic mass is 35.5. The van der Waals surface area contributed by atoms with Crippen molar-refractivity contribution in [2.75, 3.05) is 11.1 Å². The number of nitrogens with two attached hydrogens (primary N) is 1. The second-order valence-electron chi connectivity index (χ2n) is 4.20. The minimum absolute atomic E-state index is 0.0299. The minimum atomic E-state index is -0.477. The van der Waals surface area contributed by atoms with Gasteiger partial charge >= 0.3 is 0 Å². The van der Waals surface area contributed by atoms with E-state index in [0.29, 0.717) is 17.0 Å². The molecule has 2 aromatic carbocycles. The standard InChI is InChI=1S/C14H10ClFN4/c15-9-7-8(5-6-10(9)16)18-14-13(17)19-11-3-1-2-4-12(11)20-14/h1-7H,(H2,17,19)(H,18,20). The van der Waals surface area contributed by atoms with Crippen molar-refractivity contribution >= 4 is 40.0 Å². The molecule has 0 bridgehead atoms. The fourth-order valence-electron chi connectivity index (χ4n) is 1.82. The van der Waals surface area contributed by atoms with E-state index < -0.39 is 5.82 Å². The molecule has 100 valence electrons. The number of nitrogen functional groups attached to an aromatic ring is 1. The molecule has 0 spiro atoms. The van der Waals surface area contributed by atoms with Crippen LogP contribution in [0.1, 0.15) is 0 Å². The van der Waals surface area contributed by atoms with Crippen LogP contribution in [0.5, 0.6) is 0 Å². The van der Waals surface area contributed by atoms with Gasteiger partial charge < -0.3 is 11.1 Å². The van der Waals surface area contributed by atoms with Crippen molar-refractivity contribution in [1.82, 2.24) is 9.97 Å². The summed E-state index contributed by atoms with van der Waals surface area (Å²) in [5, 5.41) is 3.01. The molecule has 0 atom stereocenters. The van der Waals surface area contributed by atoms with Crippen LogP contribution in [0.4, 0.5) is 21.7 Å². The van der Waals surface area contributed by atoms with Gasteiger partial charge in [-0.25, -0.2) is 14.4 Å². The highest BCUT2D eigenvalue weighted by molar-refractivity contribution is 6.31. The lowest BCUT2D eigenvalue weighted by atomic mass is 10.3. The number of fused-ring (bicyclic) bond motifs is 1. The first-order valence-corrected chi connectivity index (χ1v) is 6.25. The van der Waals surface area contributed by atoms with Crippen molar-refractivity contribution in [3.63, 3.8) is 0 Å². The topological polar surface area (TPSA) is 63.8 Å². The smallest absolute Gasteiger partial charge is 0.174 e. The van der Waals surface area contributed by atoms with E-state index in [0.717, 1.165) is 5.52 Å². The molecular formula is C14H10ClFN4. The Balaban J connectivity index is 2.01. The lowest BCUT2D eigenvalue weighted by molar-refractivity contribution is 0.628. The zero-order valence-electron chi connectivity index (χ0n) is 10.3. The molecule has 4 nitrogen and oxygen atoms in total. The van der Waals surface area contributed by atoms with Gasteiger partial charge in [0.2, 0.25) is 0 Å². The SMILES string of the molecule is Nc1nc2ccccc2nc1Nc1ccc(F)c(Cl)c1. The molecule has 3 rings (SSSR count). The van der Waals surface area contributed by atoms with Crippen molar-refractivity contribution in [2.24, 2.45) is 0 Å². The Morgan fingerprint density at radius 2 is 1.75 bits per heavy atom. The van der Waals surface area contributed by atoms with Gasteiger partial charge in [-0.15, -0.1) is 0 Å². The third-order valence-electron chi connectivity index (χ3n) is 2.78. The van der Waals surface area contributed by atoms with Gasteiger partial charge in [-0.05, 0) is 30.3 Å². The normalized spacial score (nSPS) is 10.7. The van der Waals surface area contributed by atoms with Crippen LogP contribution in [0.25, 0.3) is 11.0 Å². The Morgan fingerprint density at radius 3 is 2.45 bits per heavy atom. The van der Waals surface area contributed by atoms with E-state index in [1.165, 1.54) is 12.1 Å². The highest BCUT2D eigenvalue weighted by Crippen LogP contribution is 2.25. The van der Waals surface area contributed by atoms with Gasteiger partial charge in [0.25, 0.3) is 0 Å². The van der Waals surface area contributed by atoms with E-state index in [2.05, 4.69) is 15.3 Å². The summed E-state index contributed by atoms with van der Waals surface area (Å²) < 4.78 is 13.1. The molecule has 0 saturated heterocycles. The van der Waals surface area contributed by atoms with Crippen LogP contribution in [-0.2, 0) is 0 Å². The first-order valence-electron chi connectivity index (χ1n) is 5.88. The molecule has 3 N–H and O–H groups in total. The van der Waals surface area contributed by atoms with E-state index in [9.17, 15) is 4.39 Å². The van der Waals surface area contributed by atoms with Crippen LogP contribution >= 0.6 is 11.6 Å². The molecule has 3 aromatic rings. The third-order valence-corrected chi connectivity index (χ3v) is 3.07. The minimum Gasteiger partial charge on any atom is -0.381 e. The lowest BCUT2D eigenvalue weighted by Crippen LogP contribution is -2.02. The van der Waals surface area contributed by atoms with Gasteiger partial charge in [0.1, 0.15) is 5.82 Å². The predicted octanol–water partition coefficient (Wildman–Crippen LogP) is 3.75. The molecule has 0 saturated carbocycles. The van der Waals surface area contributed by atoms with E-state index in [1.807, 2.05) is 24.3 Å². The number of nitrogens with zero attached hydrogens (tertiary/aromatic N) is 2. The Bertz CT molecular complexity index is 791. The molecule has 6 heteroatoms. The largest absolute Gasteiger partial charge is 0.381 e. The van der Waals surface area contributed by atoms with Gasteiger partial charge in [0.05, 0.1) is 16.1 Å². The van der Waals surface area contributed by atoms with Gasteiger partial charge in [0.15, 0.2) is 11.6 Å². The maximum absolute atomic E-state index is 13.1. The molecular weight excluding hydrogens is 279 g/mol. The van der Waals surface area contributed by atoms with Crippen molar-refractivity contribution in [1.29, 1.82) is 0 Å². The summed E-state index contributed by atoms with van der Waals surface area (Å²) in [5.74, 6) is 0.199. The van der Waals surface area contributed by atoms with Crippen molar-refractivity contribution in [3.05, 3.63) is 53.3 Å². The molecule has 1 heterocycles. The number of nitrogens with one attached hydrogen (secondary N) is 1. The first-order chi connectivity index (χ1) is 9.63. The molecule has 20 heavy (non-hydrogen) atoms. The zero-order chi connectivity index (χ0) is 14.1. The fourth-order valence-corrected chi connectivity index (χ4v) is 2.00. The van der Waals surface area contributed by atoms with Crippen LogP contribution in [0.3, 0.4) is 0 Å². The Labute approximate surface area is 119 Å². The number of benzene rings is 2. The third kappa shape index (κ3) is 2.35. The number of hydrogen-bond acceptors (Lipinski definition) is 4. The zero-order valence-corrected chi connectivity index (χ0v) is 11.0. The van der Waals surface area contributed by atoms with Crippen LogP contribution in [0.15, 0.2) is 42.5 Å². The van der Waals surface area contributed by atoms with Crippen molar-refractivity contribution in [3.8, 4) is 0 Å². The summed E-state index contributed by atoms with van der Waals surface area (Å²) in [6, 6.07) is 11.7. The summed E-state index contributed by atoms with van der Waals surface area (Å²) in [5.41, 5.74) is 7.88. The molecule has 0 radical (unpaired) electrons. The summed E-state index contributed by atoms with van der Waals surface area (Å²) >= 11 is 5.73. The summed E-state index contributed by atoms with van der Waals surface area (Å²) in [4.78, 5) is 8.64. The highest BCUT2D eigenvalue weighted by Gasteiger charge is 2.07. The van der Waals surface area contributed by atoms with E-state index in [-0.39, 0.29) is 10.8 Å². The lowest BCUT2D eigenvalue weighted by Gasteiger charge is -2.09. The number of anilines is 3. The Morgan fingerprint density at radius 1 is 1.05 bits per heavy atom.